The standard InChI is InChI=1S/C12H22N2O5/c1-19-8-10(11(16)17)13-12(18)14(6-7-15)9-4-2-3-5-9/h9-10,15H,2-8H2,1H3,(H,13,18)(H,16,17). The third-order valence-electron chi connectivity index (χ3n) is 3.30. The van der Waals surface area contributed by atoms with Crippen molar-refractivity contribution in [2.24, 2.45) is 0 Å². The fourth-order valence-corrected chi connectivity index (χ4v) is 2.35. The van der Waals surface area contributed by atoms with Crippen molar-refractivity contribution in [3.05, 3.63) is 0 Å². The first-order valence-corrected chi connectivity index (χ1v) is 6.50. The summed E-state index contributed by atoms with van der Waals surface area (Å²) in [6.45, 7) is 0.000458. The Balaban J connectivity index is 2.61. The van der Waals surface area contributed by atoms with E-state index in [-0.39, 0.29) is 25.8 Å². The van der Waals surface area contributed by atoms with Gasteiger partial charge in [-0.05, 0) is 12.8 Å². The van der Waals surface area contributed by atoms with Crippen LogP contribution in [0.4, 0.5) is 4.79 Å². The van der Waals surface area contributed by atoms with Crippen LogP contribution in [-0.4, -0.2) is 66.1 Å². The number of methoxy groups -OCH3 is 1. The van der Waals surface area contributed by atoms with Crippen LogP contribution in [0.5, 0.6) is 0 Å². The molecule has 7 heteroatoms. The fourth-order valence-electron chi connectivity index (χ4n) is 2.35. The van der Waals surface area contributed by atoms with E-state index >= 15 is 0 Å². The maximum absolute atomic E-state index is 12.1. The third-order valence-corrected chi connectivity index (χ3v) is 3.30. The molecule has 0 radical (unpaired) electrons. The average molecular weight is 274 g/mol. The third kappa shape index (κ3) is 4.68. The fraction of sp³-hybridized carbons (Fsp3) is 0.833. The van der Waals surface area contributed by atoms with E-state index in [4.69, 9.17) is 14.9 Å². The van der Waals surface area contributed by atoms with Crippen molar-refractivity contribution in [3.63, 3.8) is 0 Å². The number of aliphatic hydroxyl groups is 1. The number of rotatable bonds is 7. The smallest absolute Gasteiger partial charge is 0.328 e. The van der Waals surface area contributed by atoms with Gasteiger partial charge >= 0.3 is 12.0 Å². The lowest BCUT2D eigenvalue weighted by atomic mass is 10.2. The van der Waals surface area contributed by atoms with Gasteiger partial charge in [0.1, 0.15) is 0 Å². The van der Waals surface area contributed by atoms with Crippen LogP contribution < -0.4 is 5.32 Å². The number of aliphatic carboxylic acids is 1. The molecular weight excluding hydrogens is 252 g/mol. The summed E-state index contributed by atoms with van der Waals surface area (Å²) in [5.41, 5.74) is 0. The van der Waals surface area contributed by atoms with E-state index in [0.29, 0.717) is 0 Å². The second kappa shape index (κ2) is 7.96. The van der Waals surface area contributed by atoms with Crippen LogP contribution in [0.1, 0.15) is 25.7 Å². The largest absolute Gasteiger partial charge is 0.480 e. The number of nitrogens with one attached hydrogen (secondary N) is 1. The Bertz CT molecular complexity index is 304. The Morgan fingerprint density at radius 1 is 1.42 bits per heavy atom. The molecule has 1 fully saturated rings. The van der Waals surface area contributed by atoms with Crippen molar-refractivity contribution in [2.75, 3.05) is 26.9 Å². The highest BCUT2D eigenvalue weighted by molar-refractivity contribution is 5.82. The summed E-state index contributed by atoms with van der Waals surface area (Å²) in [5.74, 6) is -1.13. The van der Waals surface area contributed by atoms with Crippen LogP contribution in [0.3, 0.4) is 0 Å². The van der Waals surface area contributed by atoms with Gasteiger partial charge in [-0.2, -0.15) is 0 Å². The summed E-state index contributed by atoms with van der Waals surface area (Å²) < 4.78 is 4.77. The minimum Gasteiger partial charge on any atom is -0.480 e. The number of carboxylic acid groups (broad SMARTS) is 1. The monoisotopic (exact) mass is 274 g/mol. The quantitative estimate of drug-likeness (QED) is 0.608. The lowest BCUT2D eigenvalue weighted by Gasteiger charge is -2.29. The van der Waals surface area contributed by atoms with Crippen LogP contribution >= 0.6 is 0 Å². The Morgan fingerprint density at radius 2 is 2.05 bits per heavy atom. The molecule has 110 valence electrons. The Labute approximate surface area is 112 Å². The molecule has 1 saturated carbocycles. The van der Waals surface area contributed by atoms with Crippen LogP contribution in [0.15, 0.2) is 0 Å². The van der Waals surface area contributed by atoms with Crippen LogP contribution in [0.25, 0.3) is 0 Å². The Morgan fingerprint density at radius 3 is 2.53 bits per heavy atom. The van der Waals surface area contributed by atoms with Crippen LogP contribution in [0, 0.1) is 0 Å². The van der Waals surface area contributed by atoms with Crippen molar-refractivity contribution < 1.29 is 24.5 Å². The van der Waals surface area contributed by atoms with Gasteiger partial charge in [0.05, 0.1) is 13.2 Å². The number of amides is 2. The molecule has 0 spiro atoms. The molecule has 0 bridgehead atoms. The molecule has 0 aliphatic heterocycles. The van der Waals surface area contributed by atoms with Gasteiger partial charge in [0.2, 0.25) is 0 Å². The molecule has 0 aromatic carbocycles. The van der Waals surface area contributed by atoms with Crippen molar-refractivity contribution >= 4 is 12.0 Å². The summed E-state index contributed by atoms with van der Waals surface area (Å²) in [6.07, 6.45) is 3.91. The minimum absolute atomic E-state index is 0.0846. The zero-order valence-electron chi connectivity index (χ0n) is 11.2. The molecule has 1 rings (SSSR count). The van der Waals surface area contributed by atoms with E-state index in [2.05, 4.69) is 5.32 Å². The molecule has 0 heterocycles. The molecule has 1 aliphatic carbocycles. The molecule has 7 nitrogen and oxygen atoms in total. The van der Waals surface area contributed by atoms with Gasteiger partial charge < -0.3 is 25.2 Å². The molecule has 1 aliphatic rings. The topological polar surface area (TPSA) is 99.1 Å². The number of carboxylic acids is 1. The van der Waals surface area contributed by atoms with Gasteiger partial charge in [-0.15, -0.1) is 0 Å². The van der Waals surface area contributed by atoms with E-state index in [1.165, 1.54) is 12.0 Å². The van der Waals surface area contributed by atoms with E-state index < -0.39 is 18.0 Å². The van der Waals surface area contributed by atoms with Crippen molar-refractivity contribution in [2.45, 2.75) is 37.8 Å². The van der Waals surface area contributed by atoms with Crippen LogP contribution in [0.2, 0.25) is 0 Å². The van der Waals surface area contributed by atoms with Gasteiger partial charge in [-0.25, -0.2) is 9.59 Å². The molecule has 0 aromatic heterocycles. The van der Waals surface area contributed by atoms with Gasteiger partial charge in [0.15, 0.2) is 6.04 Å². The molecule has 0 saturated heterocycles. The lowest BCUT2D eigenvalue weighted by molar-refractivity contribution is -0.140. The molecule has 0 aromatic rings. The summed E-state index contributed by atoms with van der Waals surface area (Å²) in [4.78, 5) is 24.6. The van der Waals surface area contributed by atoms with E-state index in [1.807, 2.05) is 0 Å². The minimum atomic E-state index is -1.13. The lowest BCUT2D eigenvalue weighted by Crippen LogP contribution is -2.53. The first-order chi connectivity index (χ1) is 9.10. The zero-order chi connectivity index (χ0) is 14.3. The van der Waals surface area contributed by atoms with Crippen molar-refractivity contribution in [1.82, 2.24) is 10.2 Å². The molecule has 3 N–H and O–H groups in total. The number of hydrogen-bond donors (Lipinski definition) is 3. The van der Waals surface area contributed by atoms with Crippen molar-refractivity contribution in [3.8, 4) is 0 Å². The molecule has 2 amide bonds. The SMILES string of the molecule is COCC(NC(=O)N(CCO)C1CCCC1)C(=O)O. The van der Waals surface area contributed by atoms with Crippen molar-refractivity contribution in [1.29, 1.82) is 0 Å². The second-order valence-corrected chi connectivity index (χ2v) is 4.65. The summed E-state index contributed by atoms with van der Waals surface area (Å²) in [7, 11) is 1.38. The normalized spacial score (nSPS) is 17.2. The Kier molecular flexibility index (Phi) is 6.58. The molecule has 1 unspecified atom stereocenters. The van der Waals surface area contributed by atoms with Gasteiger partial charge in [-0.1, -0.05) is 12.8 Å². The van der Waals surface area contributed by atoms with Gasteiger partial charge in [-0.3, -0.25) is 0 Å². The highest BCUT2D eigenvalue weighted by Gasteiger charge is 2.29. The average Bonchev–Trinajstić information content (AvgIpc) is 2.88. The van der Waals surface area contributed by atoms with E-state index in [9.17, 15) is 9.59 Å². The summed E-state index contributed by atoms with van der Waals surface area (Å²) in [5, 5.41) is 20.4. The number of nitrogens with zero attached hydrogens (tertiary/aromatic N) is 1. The highest BCUT2D eigenvalue weighted by atomic mass is 16.5. The number of carbonyl (C=O) groups is 2. The number of urea groups is 1. The zero-order valence-corrected chi connectivity index (χ0v) is 11.2. The predicted molar refractivity (Wildman–Crippen MR) is 67.9 cm³/mol. The highest BCUT2D eigenvalue weighted by Crippen LogP contribution is 2.23. The molecule has 1 atom stereocenters. The Hall–Kier alpha value is -1.34. The number of hydrogen-bond acceptors (Lipinski definition) is 4. The van der Waals surface area contributed by atoms with Crippen LogP contribution in [-0.2, 0) is 9.53 Å². The number of carbonyl (C=O) groups excluding carboxylic acids is 1. The van der Waals surface area contributed by atoms with E-state index in [1.54, 1.807) is 0 Å². The first-order valence-electron chi connectivity index (χ1n) is 6.50. The number of ether oxygens (including phenoxy) is 1. The molecule has 19 heavy (non-hydrogen) atoms. The summed E-state index contributed by atoms with van der Waals surface area (Å²) in [6, 6.07) is -1.44. The van der Waals surface area contributed by atoms with Gasteiger partial charge in [0.25, 0.3) is 0 Å². The predicted octanol–water partition coefficient (Wildman–Crippen LogP) is 0.0325. The summed E-state index contributed by atoms with van der Waals surface area (Å²) >= 11 is 0. The maximum atomic E-state index is 12.1. The second-order valence-electron chi connectivity index (χ2n) is 4.65. The first kappa shape index (κ1) is 15.7. The number of aliphatic hydroxyl groups excluding tert-OH is 1. The maximum Gasteiger partial charge on any atom is 0.328 e. The van der Waals surface area contributed by atoms with E-state index in [0.717, 1.165) is 25.7 Å². The molecular formula is C12H22N2O5. The van der Waals surface area contributed by atoms with Gasteiger partial charge in [0, 0.05) is 19.7 Å².